The number of urea groups is 1. The zero-order valence-corrected chi connectivity index (χ0v) is 10.8. The Bertz CT molecular complexity index is 419. The second kappa shape index (κ2) is 5.86. The van der Waals surface area contributed by atoms with Crippen LogP contribution in [0.5, 0.6) is 0 Å². The van der Waals surface area contributed by atoms with Gasteiger partial charge in [-0.25, -0.2) is 4.79 Å². The minimum absolute atomic E-state index is 0.158. The zero-order valence-electron chi connectivity index (χ0n) is 9.96. The number of carboxylic acid groups (broad SMARTS) is 1. The molecule has 0 aliphatic carbocycles. The SMILES string of the molecule is O=C(O)C1CCN(C(=O)NCCc2ccsc2)C1. The summed E-state index contributed by atoms with van der Waals surface area (Å²) in [4.78, 5) is 24.1. The Morgan fingerprint density at radius 3 is 3.00 bits per heavy atom. The lowest BCUT2D eigenvalue weighted by Crippen LogP contribution is -2.39. The van der Waals surface area contributed by atoms with Crippen LogP contribution in [0.4, 0.5) is 4.79 Å². The van der Waals surface area contributed by atoms with E-state index in [1.807, 2.05) is 11.4 Å². The van der Waals surface area contributed by atoms with Crippen LogP contribution in [0.2, 0.25) is 0 Å². The maximum absolute atomic E-state index is 11.8. The lowest BCUT2D eigenvalue weighted by Gasteiger charge is -2.16. The molecule has 2 amide bonds. The normalized spacial score (nSPS) is 18.9. The molecule has 1 aromatic rings. The molecular formula is C12H16N2O3S. The Labute approximate surface area is 109 Å². The van der Waals surface area contributed by atoms with Gasteiger partial charge in [-0.05, 0) is 35.2 Å². The summed E-state index contributed by atoms with van der Waals surface area (Å²) in [7, 11) is 0. The van der Waals surface area contributed by atoms with Crippen LogP contribution in [0, 0.1) is 5.92 Å². The number of carbonyl (C=O) groups excluding carboxylic acids is 1. The van der Waals surface area contributed by atoms with E-state index < -0.39 is 11.9 Å². The summed E-state index contributed by atoms with van der Waals surface area (Å²) in [5.74, 6) is -1.23. The molecule has 0 saturated carbocycles. The Balaban J connectivity index is 1.71. The fourth-order valence-corrected chi connectivity index (χ4v) is 2.71. The molecule has 2 heterocycles. The summed E-state index contributed by atoms with van der Waals surface area (Å²) in [6.07, 6.45) is 1.36. The number of likely N-dealkylation sites (tertiary alicyclic amines) is 1. The summed E-state index contributed by atoms with van der Waals surface area (Å²) < 4.78 is 0. The largest absolute Gasteiger partial charge is 0.481 e. The molecular weight excluding hydrogens is 252 g/mol. The maximum Gasteiger partial charge on any atom is 0.317 e. The van der Waals surface area contributed by atoms with E-state index in [0.29, 0.717) is 26.1 Å². The van der Waals surface area contributed by atoms with Crippen molar-refractivity contribution in [2.45, 2.75) is 12.8 Å². The highest BCUT2D eigenvalue weighted by Crippen LogP contribution is 2.16. The third-order valence-electron chi connectivity index (χ3n) is 3.09. The zero-order chi connectivity index (χ0) is 13.0. The van der Waals surface area contributed by atoms with Gasteiger partial charge in [-0.2, -0.15) is 11.3 Å². The Hall–Kier alpha value is -1.56. The number of hydrogen-bond acceptors (Lipinski definition) is 3. The molecule has 1 atom stereocenters. The van der Waals surface area contributed by atoms with Gasteiger partial charge in [-0.15, -0.1) is 0 Å². The van der Waals surface area contributed by atoms with Gasteiger partial charge in [0.05, 0.1) is 5.92 Å². The molecule has 1 fully saturated rings. The molecule has 1 aromatic heterocycles. The number of rotatable bonds is 4. The molecule has 0 spiro atoms. The van der Waals surface area contributed by atoms with Crippen molar-refractivity contribution in [3.05, 3.63) is 22.4 Å². The van der Waals surface area contributed by atoms with Crippen molar-refractivity contribution in [1.82, 2.24) is 10.2 Å². The molecule has 2 rings (SSSR count). The van der Waals surface area contributed by atoms with Crippen molar-refractivity contribution in [3.63, 3.8) is 0 Å². The number of aliphatic carboxylic acids is 1. The fourth-order valence-electron chi connectivity index (χ4n) is 2.01. The van der Waals surface area contributed by atoms with E-state index in [1.165, 1.54) is 5.56 Å². The maximum atomic E-state index is 11.8. The van der Waals surface area contributed by atoms with Gasteiger partial charge in [0, 0.05) is 19.6 Å². The van der Waals surface area contributed by atoms with Gasteiger partial charge in [0.1, 0.15) is 0 Å². The lowest BCUT2D eigenvalue weighted by molar-refractivity contribution is -0.141. The highest BCUT2D eigenvalue weighted by Gasteiger charge is 2.30. The molecule has 1 aliphatic heterocycles. The van der Waals surface area contributed by atoms with Crippen LogP contribution in [-0.2, 0) is 11.2 Å². The first kappa shape index (κ1) is 12.9. The Kier molecular flexibility index (Phi) is 4.19. The molecule has 18 heavy (non-hydrogen) atoms. The number of thiophene rings is 1. The molecule has 1 saturated heterocycles. The summed E-state index contributed by atoms with van der Waals surface area (Å²) in [6, 6.07) is 1.88. The van der Waals surface area contributed by atoms with Crippen LogP contribution in [0.25, 0.3) is 0 Å². The van der Waals surface area contributed by atoms with Gasteiger partial charge in [-0.3, -0.25) is 4.79 Å². The van der Waals surface area contributed by atoms with Gasteiger partial charge in [0.25, 0.3) is 0 Å². The molecule has 0 aromatic carbocycles. The van der Waals surface area contributed by atoms with E-state index in [1.54, 1.807) is 16.2 Å². The average molecular weight is 268 g/mol. The van der Waals surface area contributed by atoms with Crippen LogP contribution in [0.3, 0.4) is 0 Å². The van der Waals surface area contributed by atoms with Crippen molar-refractivity contribution in [2.75, 3.05) is 19.6 Å². The third-order valence-corrected chi connectivity index (χ3v) is 3.83. The van der Waals surface area contributed by atoms with Gasteiger partial charge in [0.2, 0.25) is 0 Å². The van der Waals surface area contributed by atoms with Crippen molar-refractivity contribution in [3.8, 4) is 0 Å². The monoisotopic (exact) mass is 268 g/mol. The first-order chi connectivity index (χ1) is 8.66. The van der Waals surface area contributed by atoms with Crippen molar-refractivity contribution < 1.29 is 14.7 Å². The summed E-state index contributed by atoms with van der Waals surface area (Å²) in [5, 5.41) is 15.7. The van der Waals surface area contributed by atoms with Crippen LogP contribution in [0.15, 0.2) is 16.8 Å². The van der Waals surface area contributed by atoms with Crippen LogP contribution >= 0.6 is 11.3 Å². The molecule has 98 valence electrons. The third kappa shape index (κ3) is 3.22. The highest BCUT2D eigenvalue weighted by molar-refractivity contribution is 7.07. The number of carboxylic acids is 1. The Morgan fingerprint density at radius 2 is 2.39 bits per heavy atom. The second-order valence-corrected chi connectivity index (χ2v) is 5.16. The van der Waals surface area contributed by atoms with E-state index in [9.17, 15) is 9.59 Å². The average Bonchev–Trinajstić information content (AvgIpc) is 2.99. The summed E-state index contributed by atoms with van der Waals surface area (Å²) in [6.45, 7) is 1.44. The molecule has 1 unspecified atom stereocenters. The lowest BCUT2D eigenvalue weighted by atomic mass is 10.1. The summed E-state index contributed by atoms with van der Waals surface area (Å²) in [5.41, 5.74) is 1.21. The van der Waals surface area contributed by atoms with Crippen molar-refractivity contribution in [2.24, 2.45) is 5.92 Å². The Morgan fingerprint density at radius 1 is 1.56 bits per heavy atom. The van der Waals surface area contributed by atoms with Gasteiger partial charge >= 0.3 is 12.0 Å². The number of amides is 2. The quantitative estimate of drug-likeness (QED) is 0.867. The predicted octanol–water partition coefficient (Wildman–Crippen LogP) is 1.41. The van der Waals surface area contributed by atoms with Gasteiger partial charge in [0.15, 0.2) is 0 Å². The van der Waals surface area contributed by atoms with Crippen molar-refractivity contribution in [1.29, 1.82) is 0 Å². The van der Waals surface area contributed by atoms with E-state index in [0.717, 1.165) is 6.42 Å². The minimum Gasteiger partial charge on any atom is -0.481 e. The molecule has 1 aliphatic rings. The molecule has 2 N–H and O–H groups in total. The van der Waals surface area contributed by atoms with E-state index >= 15 is 0 Å². The van der Waals surface area contributed by atoms with Crippen LogP contribution < -0.4 is 5.32 Å². The topological polar surface area (TPSA) is 69.6 Å². The first-order valence-electron chi connectivity index (χ1n) is 5.93. The standard InChI is InChI=1S/C12H16N2O3S/c15-11(16)10-2-5-14(7-10)12(17)13-4-1-9-3-6-18-8-9/h3,6,8,10H,1-2,4-5,7H2,(H,13,17)(H,15,16). The smallest absolute Gasteiger partial charge is 0.317 e. The predicted molar refractivity (Wildman–Crippen MR) is 68.7 cm³/mol. The number of hydrogen-bond donors (Lipinski definition) is 2. The number of nitrogens with zero attached hydrogens (tertiary/aromatic N) is 1. The molecule has 0 radical (unpaired) electrons. The van der Waals surface area contributed by atoms with Crippen LogP contribution in [0.1, 0.15) is 12.0 Å². The molecule has 0 bridgehead atoms. The molecule has 5 nitrogen and oxygen atoms in total. The fraction of sp³-hybridized carbons (Fsp3) is 0.500. The summed E-state index contributed by atoms with van der Waals surface area (Å²) >= 11 is 1.64. The second-order valence-electron chi connectivity index (χ2n) is 4.38. The molecule has 6 heteroatoms. The van der Waals surface area contributed by atoms with E-state index in [2.05, 4.69) is 10.7 Å². The first-order valence-corrected chi connectivity index (χ1v) is 6.88. The number of carbonyl (C=O) groups is 2. The van der Waals surface area contributed by atoms with Gasteiger partial charge < -0.3 is 15.3 Å². The van der Waals surface area contributed by atoms with Gasteiger partial charge in [-0.1, -0.05) is 0 Å². The number of nitrogens with one attached hydrogen (secondary N) is 1. The minimum atomic E-state index is -0.816. The van der Waals surface area contributed by atoms with E-state index in [-0.39, 0.29) is 6.03 Å². The van der Waals surface area contributed by atoms with Crippen LogP contribution in [-0.4, -0.2) is 41.6 Å². The van der Waals surface area contributed by atoms with Crippen molar-refractivity contribution >= 4 is 23.3 Å². The highest BCUT2D eigenvalue weighted by atomic mass is 32.1. The van der Waals surface area contributed by atoms with E-state index in [4.69, 9.17) is 5.11 Å².